The highest BCUT2D eigenvalue weighted by Crippen LogP contribution is 2.19. The SMILES string of the molecule is CCC(C)C(NC(=O)C(CC(=O)O)NC(=O)C(N)Cc1c[nH]c2ccccc12)C(=O)NC(CS)C(=O)O. The third-order valence-corrected chi connectivity index (χ3v) is 6.42. The molecule has 0 aliphatic carbocycles. The summed E-state index contributed by atoms with van der Waals surface area (Å²) in [6, 6.07) is 2.39. The van der Waals surface area contributed by atoms with Crippen LogP contribution in [0.3, 0.4) is 0 Å². The number of aromatic amines is 1. The average molecular weight is 536 g/mol. The number of hydrogen-bond acceptors (Lipinski definition) is 7. The molecule has 1 heterocycles. The molecule has 8 N–H and O–H groups in total. The minimum Gasteiger partial charge on any atom is -0.481 e. The van der Waals surface area contributed by atoms with Crippen LogP contribution in [0.4, 0.5) is 0 Å². The number of carboxylic acid groups (broad SMARTS) is 2. The number of para-hydroxylation sites is 1. The first-order valence-electron chi connectivity index (χ1n) is 11.8. The van der Waals surface area contributed by atoms with Crippen molar-refractivity contribution in [3.63, 3.8) is 0 Å². The molecule has 5 atom stereocenters. The summed E-state index contributed by atoms with van der Waals surface area (Å²) in [5.41, 5.74) is 7.71. The lowest BCUT2D eigenvalue weighted by Crippen LogP contribution is -2.59. The van der Waals surface area contributed by atoms with Gasteiger partial charge in [0.05, 0.1) is 12.5 Å². The van der Waals surface area contributed by atoms with E-state index in [2.05, 4.69) is 33.6 Å². The van der Waals surface area contributed by atoms with Crippen LogP contribution in [0.1, 0.15) is 32.3 Å². The molecule has 0 fully saturated rings. The van der Waals surface area contributed by atoms with Crippen LogP contribution in [-0.4, -0.2) is 74.8 Å². The molecular weight excluding hydrogens is 502 g/mol. The summed E-state index contributed by atoms with van der Waals surface area (Å²) < 4.78 is 0. The van der Waals surface area contributed by atoms with Crippen LogP contribution in [0.15, 0.2) is 30.5 Å². The van der Waals surface area contributed by atoms with Gasteiger partial charge >= 0.3 is 11.9 Å². The predicted octanol–water partition coefficient (Wildman–Crippen LogP) is 0.0273. The highest BCUT2D eigenvalue weighted by molar-refractivity contribution is 7.80. The number of rotatable bonds is 14. The largest absolute Gasteiger partial charge is 0.481 e. The van der Waals surface area contributed by atoms with E-state index >= 15 is 0 Å². The van der Waals surface area contributed by atoms with Crippen molar-refractivity contribution in [2.45, 2.75) is 57.3 Å². The Hall–Kier alpha value is -3.58. The number of carboxylic acids is 2. The number of thiol groups is 1. The van der Waals surface area contributed by atoms with Crippen molar-refractivity contribution in [2.24, 2.45) is 11.7 Å². The van der Waals surface area contributed by atoms with E-state index in [1.165, 1.54) is 0 Å². The molecule has 5 unspecified atom stereocenters. The Morgan fingerprint density at radius 1 is 1.00 bits per heavy atom. The Bertz CT molecular complexity index is 1140. The monoisotopic (exact) mass is 535 g/mol. The highest BCUT2D eigenvalue weighted by atomic mass is 32.1. The quantitative estimate of drug-likeness (QED) is 0.155. The first-order chi connectivity index (χ1) is 17.5. The number of nitrogens with two attached hydrogens (primary N) is 1. The molecule has 0 saturated heterocycles. The van der Waals surface area contributed by atoms with E-state index in [1.807, 2.05) is 24.3 Å². The van der Waals surface area contributed by atoms with Gasteiger partial charge in [-0.3, -0.25) is 19.2 Å². The zero-order valence-electron chi connectivity index (χ0n) is 20.6. The third-order valence-electron chi connectivity index (χ3n) is 6.05. The summed E-state index contributed by atoms with van der Waals surface area (Å²) in [5, 5.41) is 26.5. The van der Waals surface area contributed by atoms with Gasteiger partial charge in [0.1, 0.15) is 18.1 Å². The fourth-order valence-corrected chi connectivity index (χ4v) is 3.94. The Kier molecular flexibility index (Phi) is 10.9. The number of amides is 3. The summed E-state index contributed by atoms with van der Waals surface area (Å²) in [6.45, 7) is 3.44. The van der Waals surface area contributed by atoms with Gasteiger partial charge in [-0.15, -0.1) is 0 Å². The summed E-state index contributed by atoms with van der Waals surface area (Å²) in [6.07, 6.45) is 1.56. The number of H-pyrrole nitrogens is 1. The number of benzene rings is 1. The van der Waals surface area contributed by atoms with Gasteiger partial charge in [-0.1, -0.05) is 38.5 Å². The fourth-order valence-electron chi connectivity index (χ4n) is 3.70. The average Bonchev–Trinajstić information content (AvgIpc) is 3.26. The van der Waals surface area contributed by atoms with E-state index in [0.717, 1.165) is 16.5 Å². The number of nitrogens with one attached hydrogen (secondary N) is 4. The number of aromatic nitrogens is 1. The topological polar surface area (TPSA) is 204 Å². The first-order valence-corrected chi connectivity index (χ1v) is 12.4. The number of fused-ring (bicyclic) bond motifs is 1. The molecule has 202 valence electrons. The van der Waals surface area contributed by atoms with Gasteiger partial charge in [0.15, 0.2) is 0 Å². The van der Waals surface area contributed by atoms with Crippen molar-refractivity contribution in [2.75, 3.05) is 5.75 Å². The molecule has 1 aromatic heterocycles. The Labute approximate surface area is 219 Å². The maximum absolute atomic E-state index is 13.0. The van der Waals surface area contributed by atoms with E-state index in [4.69, 9.17) is 5.73 Å². The van der Waals surface area contributed by atoms with Gasteiger partial charge in [-0.2, -0.15) is 12.6 Å². The van der Waals surface area contributed by atoms with Crippen molar-refractivity contribution in [3.8, 4) is 0 Å². The van der Waals surface area contributed by atoms with Gasteiger partial charge in [0.25, 0.3) is 0 Å². The number of carbonyl (C=O) groups is 5. The molecule has 0 spiro atoms. The minimum atomic E-state index is -1.52. The van der Waals surface area contributed by atoms with Crippen LogP contribution in [-0.2, 0) is 30.4 Å². The van der Waals surface area contributed by atoms with E-state index in [9.17, 15) is 34.2 Å². The van der Waals surface area contributed by atoms with Crippen molar-refractivity contribution < 1.29 is 34.2 Å². The molecular formula is C24H33N5O7S. The molecule has 0 aliphatic rings. The van der Waals surface area contributed by atoms with Crippen molar-refractivity contribution in [1.29, 1.82) is 0 Å². The molecule has 2 aromatic rings. The van der Waals surface area contributed by atoms with Crippen LogP contribution in [0.2, 0.25) is 0 Å². The van der Waals surface area contributed by atoms with Crippen LogP contribution in [0.25, 0.3) is 10.9 Å². The second-order valence-electron chi connectivity index (χ2n) is 8.78. The standard InChI is InChI=1S/C24H33N5O7S/c1-3-12(2)20(23(34)28-18(11-37)24(35)36)29-22(33)17(9-19(30)31)27-21(32)15(25)8-13-10-26-16-7-5-4-6-14(13)16/h4-7,10,12,15,17-18,20,26,37H,3,8-9,11,25H2,1-2H3,(H,27,32)(H,28,34)(H,29,33)(H,30,31)(H,35,36). The maximum Gasteiger partial charge on any atom is 0.327 e. The molecule has 12 nitrogen and oxygen atoms in total. The predicted molar refractivity (Wildman–Crippen MR) is 139 cm³/mol. The molecule has 2 rings (SSSR count). The molecule has 3 amide bonds. The van der Waals surface area contributed by atoms with Crippen LogP contribution in [0.5, 0.6) is 0 Å². The van der Waals surface area contributed by atoms with E-state index in [-0.39, 0.29) is 12.2 Å². The van der Waals surface area contributed by atoms with Crippen molar-refractivity contribution in [3.05, 3.63) is 36.0 Å². The van der Waals surface area contributed by atoms with Crippen molar-refractivity contribution in [1.82, 2.24) is 20.9 Å². The third kappa shape index (κ3) is 8.22. The number of hydrogen-bond donors (Lipinski definition) is 8. The van der Waals surface area contributed by atoms with Crippen LogP contribution >= 0.6 is 12.6 Å². The lowest BCUT2D eigenvalue weighted by Gasteiger charge is -2.27. The van der Waals surface area contributed by atoms with Gasteiger partial charge in [-0.25, -0.2) is 4.79 Å². The molecule has 0 radical (unpaired) electrons. The number of aliphatic carboxylic acids is 2. The van der Waals surface area contributed by atoms with E-state index in [0.29, 0.717) is 6.42 Å². The van der Waals surface area contributed by atoms with Gasteiger partial charge < -0.3 is 36.9 Å². The van der Waals surface area contributed by atoms with E-state index in [1.54, 1.807) is 20.0 Å². The molecule has 0 saturated carbocycles. The Balaban J connectivity index is 2.14. The molecule has 1 aromatic carbocycles. The van der Waals surface area contributed by atoms with E-state index < -0.39 is 66.2 Å². The Morgan fingerprint density at radius 2 is 1.65 bits per heavy atom. The zero-order valence-corrected chi connectivity index (χ0v) is 21.5. The van der Waals surface area contributed by atoms with Crippen LogP contribution < -0.4 is 21.7 Å². The summed E-state index contributed by atoms with van der Waals surface area (Å²) in [7, 11) is 0. The maximum atomic E-state index is 13.0. The minimum absolute atomic E-state index is 0.134. The van der Waals surface area contributed by atoms with Crippen molar-refractivity contribution >= 4 is 53.2 Å². The summed E-state index contributed by atoms with van der Waals surface area (Å²) >= 11 is 3.91. The molecule has 0 aliphatic heterocycles. The molecule has 37 heavy (non-hydrogen) atoms. The second-order valence-corrected chi connectivity index (χ2v) is 9.15. The fraction of sp³-hybridized carbons (Fsp3) is 0.458. The lowest BCUT2D eigenvalue weighted by atomic mass is 9.97. The Morgan fingerprint density at radius 3 is 2.24 bits per heavy atom. The zero-order chi connectivity index (χ0) is 27.7. The van der Waals surface area contributed by atoms with Gasteiger partial charge in [0, 0.05) is 22.9 Å². The highest BCUT2D eigenvalue weighted by Gasteiger charge is 2.33. The smallest absolute Gasteiger partial charge is 0.327 e. The first kappa shape index (κ1) is 29.6. The van der Waals surface area contributed by atoms with Crippen LogP contribution in [0, 0.1) is 5.92 Å². The number of carbonyl (C=O) groups excluding carboxylic acids is 3. The second kappa shape index (κ2) is 13.7. The summed E-state index contributed by atoms with van der Waals surface area (Å²) in [5.74, 6) is -5.66. The lowest BCUT2D eigenvalue weighted by molar-refractivity contribution is -0.143. The normalized spacial score (nSPS) is 15.1. The summed E-state index contributed by atoms with van der Waals surface area (Å²) in [4.78, 5) is 64.3. The molecule has 0 bridgehead atoms. The van der Waals surface area contributed by atoms with Gasteiger partial charge in [-0.05, 0) is 24.0 Å². The van der Waals surface area contributed by atoms with Gasteiger partial charge in [0.2, 0.25) is 17.7 Å². The molecule has 13 heteroatoms.